The van der Waals surface area contributed by atoms with Gasteiger partial charge in [0.2, 0.25) is 0 Å². The Kier molecular flexibility index (Phi) is 7.96. The van der Waals surface area contributed by atoms with Crippen LogP contribution in [0.2, 0.25) is 0 Å². The average molecular weight is 461 g/mol. The molecule has 9 nitrogen and oxygen atoms in total. The number of carbonyl (C=O) groups is 3. The summed E-state index contributed by atoms with van der Waals surface area (Å²) in [4.78, 5) is 36.9. The van der Waals surface area contributed by atoms with Crippen LogP contribution in [-0.2, 0) is 9.59 Å². The summed E-state index contributed by atoms with van der Waals surface area (Å²) in [7, 11) is 3.03. The Morgan fingerprint density at radius 3 is 2.21 bits per heavy atom. The third kappa shape index (κ3) is 6.19. The second-order valence-electron chi connectivity index (χ2n) is 6.94. The highest BCUT2D eigenvalue weighted by Crippen LogP contribution is 2.21. The van der Waals surface area contributed by atoms with Crippen molar-refractivity contribution in [2.24, 2.45) is 5.10 Å². The fraction of sp³-hybridized carbons (Fsp3) is 0.120. The number of carbonyl (C=O) groups excluding carboxylic acids is 3. The van der Waals surface area contributed by atoms with Gasteiger partial charge < -0.3 is 19.5 Å². The number of anilines is 1. The topological polar surface area (TPSA) is 115 Å². The highest BCUT2D eigenvalue weighted by Gasteiger charge is 2.16. The zero-order valence-corrected chi connectivity index (χ0v) is 18.8. The minimum atomic E-state index is -0.957. The van der Waals surface area contributed by atoms with Crippen molar-refractivity contribution in [1.29, 1.82) is 0 Å². The first-order valence-electron chi connectivity index (χ1n) is 10.2. The van der Waals surface area contributed by atoms with Crippen LogP contribution < -0.4 is 25.0 Å². The summed E-state index contributed by atoms with van der Waals surface area (Å²) in [5.41, 5.74) is 3.75. The predicted octanol–water partition coefficient (Wildman–Crippen LogP) is 3.40. The molecule has 0 radical (unpaired) electrons. The Bertz CT molecular complexity index is 1220. The number of amides is 2. The number of nitrogens with zero attached hydrogens (tertiary/aromatic N) is 1. The lowest BCUT2D eigenvalue weighted by molar-refractivity contribution is -0.136. The molecule has 0 aromatic heterocycles. The van der Waals surface area contributed by atoms with E-state index in [-0.39, 0.29) is 5.75 Å². The van der Waals surface area contributed by atoms with Crippen LogP contribution in [0.15, 0.2) is 77.9 Å². The van der Waals surface area contributed by atoms with Gasteiger partial charge >= 0.3 is 17.8 Å². The van der Waals surface area contributed by atoms with Gasteiger partial charge in [-0.2, -0.15) is 5.10 Å². The number of esters is 1. The minimum absolute atomic E-state index is 0.244. The van der Waals surface area contributed by atoms with Gasteiger partial charge in [0.15, 0.2) is 0 Å². The molecule has 0 saturated carbocycles. The fourth-order valence-corrected chi connectivity index (χ4v) is 2.87. The van der Waals surface area contributed by atoms with E-state index in [9.17, 15) is 14.4 Å². The van der Waals surface area contributed by atoms with Crippen LogP contribution in [0, 0.1) is 0 Å². The third-order valence-corrected chi connectivity index (χ3v) is 4.66. The third-order valence-electron chi connectivity index (χ3n) is 4.66. The Balaban J connectivity index is 1.67. The summed E-state index contributed by atoms with van der Waals surface area (Å²) < 4.78 is 15.7. The van der Waals surface area contributed by atoms with Crippen molar-refractivity contribution in [2.75, 3.05) is 19.5 Å². The Labute approximate surface area is 196 Å². The van der Waals surface area contributed by atoms with Crippen LogP contribution in [-0.4, -0.2) is 37.7 Å². The van der Waals surface area contributed by atoms with Crippen molar-refractivity contribution >= 4 is 29.2 Å². The predicted molar refractivity (Wildman–Crippen MR) is 126 cm³/mol. The molecule has 3 aromatic rings. The summed E-state index contributed by atoms with van der Waals surface area (Å²) in [6.07, 6.45) is 0. The fourth-order valence-electron chi connectivity index (χ4n) is 2.87. The van der Waals surface area contributed by atoms with E-state index in [1.54, 1.807) is 79.7 Å². The van der Waals surface area contributed by atoms with Gasteiger partial charge in [0.1, 0.15) is 17.2 Å². The second kappa shape index (κ2) is 11.3. The smallest absolute Gasteiger partial charge is 0.343 e. The first kappa shape index (κ1) is 24.0. The largest absolute Gasteiger partial charge is 0.497 e. The van der Waals surface area contributed by atoms with Gasteiger partial charge in [-0.3, -0.25) is 9.59 Å². The van der Waals surface area contributed by atoms with Gasteiger partial charge in [0.05, 0.1) is 25.5 Å². The lowest BCUT2D eigenvalue weighted by atomic mass is 10.1. The molecule has 0 saturated heterocycles. The molecule has 34 heavy (non-hydrogen) atoms. The molecule has 0 bridgehead atoms. The van der Waals surface area contributed by atoms with E-state index < -0.39 is 17.8 Å². The molecule has 3 rings (SSSR count). The summed E-state index contributed by atoms with van der Waals surface area (Å²) in [6.45, 7) is 1.61. The number of methoxy groups -OCH3 is 2. The second-order valence-corrected chi connectivity index (χ2v) is 6.94. The Morgan fingerprint density at radius 1 is 0.794 bits per heavy atom. The number of hydrogen-bond acceptors (Lipinski definition) is 7. The number of para-hydroxylation sites is 1. The molecule has 174 valence electrons. The summed E-state index contributed by atoms with van der Waals surface area (Å²) in [5.74, 6) is -1.04. The molecule has 0 aliphatic rings. The van der Waals surface area contributed by atoms with E-state index >= 15 is 0 Å². The van der Waals surface area contributed by atoms with Gasteiger partial charge in [-0.1, -0.05) is 18.2 Å². The van der Waals surface area contributed by atoms with Gasteiger partial charge in [0.25, 0.3) is 0 Å². The number of rotatable bonds is 7. The molecule has 2 N–H and O–H groups in total. The van der Waals surface area contributed by atoms with E-state index in [0.29, 0.717) is 34.0 Å². The van der Waals surface area contributed by atoms with Crippen molar-refractivity contribution in [1.82, 2.24) is 5.43 Å². The van der Waals surface area contributed by atoms with Crippen molar-refractivity contribution in [3.05, 3.63) is 83.9 Å². The molecule has 9 heteroatoms. The maximum absolute atomic E-state index is 12.6. The van der Waals surface area contributed by atoms with Crippen LogP contribution in [0.1, 0.15) is 22.8 Å². The van der Waals surface area contributed by atoms with Crippen LogP contribution in [0.3, 0.4) is 0 Å². The number of ether oxygens (including phenoxy) is 3. The molecule has 2 amide bonds. The lowest BCUT2D eigenvalue weighted by Crippen LogP contribution is -2.33. The quantitative estimate of drug-likeness (QED) is 0.183. The lowest BCUT2D eigenvalue weighted by Gasteiger charge is -2.11. The monoisotopic (exact) mass is 461 g/mol. The highest BCUT2D eigenvalue weighted by atomic mass is 16.5. The summed E-state index contributed by atoms with van der Waals surface area (Å²) in [5, 5.41) is 6.44. The average Bonchev–Trinajstić information content (AvgIpc) is 2.87. The van der Waals surface area contributed by atoms with Gasteiger partial charge in [-0.15, -0.1) is 0 Å². The van der Waals surface area contributed by atoms with Crippen molar-refractivity contribution in [3.8, 4) is 17.2 Å². The van der Waals surface area contributed by atoms with E-state index in [2.05, 4.69) is 15.8 Å². The van der Waals surface area contributed by atoms with Crippen LogP contribution in [0.4, 0.5) is 5.69 Å². The minimum Gasteiger partial charge on any atom is -0.497 e. The molecule has 0 heterocycles. The zero-order valence-electron chi connectivity index (χ0n) is 18.8. The van der Waals surface area contributed by atoms with Gasteiger partial charge in [0, 0.05) is 11.3 Å². The number of benzene rings is 3. The molecule has 0 fully saturated rings. The molecular formula is C25H23N3O6. The maximum atomic E-state index is 12.6. The first-order chi connectivity index (χ1) is 16.4. The standard InChI is InChI=1S/C25H23N3O6/c1-16(27-28-24(30)23(29)26-18-11-13-19(32-2)14-12-18)21-9-4-5-10-22(21)34-25(31)17-7-6-8-20(15-17)33-3/h4-15H,1-3H3,(H,26,29)(H,28,30). The summed E-state index contributed by atoms with van der Waals surface area (Å²) in [6, 6.07) is 19.8. The van der Waals surface area contributed by atoms with E-state index in [0.717, 1.165) is 0 Å². The molecule has 3 aromatic carbocycles. The molecule has 0 spiro atoms. The van der Waals surface area contributed by atoms with Crippen molar-refractivity contribution < 1.29 is 28.6 Å². The number of hydrazone groups is 1. The molecule has 0 atom stereocenters. The van der Waals surface area contributed by atoms with E-state index in [4.69, 9.17) is 14.2 Å². The van der Waals surface area contributed by atoms with Crippen LogP contribution >= 0.6 is 0 Å². The number of hydrogen-bond donors (Lipinski definition) is 2. The SMILES string of the molecule is COc1ccc(NC(=O)C(=O)NN=C(C)c2ccccc2OC(=O)c2cccc(OC)c2)cc1. The normalized spacial score (nSPS) is 10.7. The number of nitrogens with one attached hydrogen (secondary N) is 2. The molecule has 0 aliphatic heterocycles. The van der Waals surface area contributed by atoms with Crippen LogP contribution in [0.5, 0.6) is 17.2 Å². The zero-order chi connectivity index (χ0) is 24.5. The van der Waals surface area contributed by atoms with Gasteiger partial charge in [-0.25, -0.2) is 10.2 Å². The Morgan fingerprint density at radius 2 is 1.50 bits per heavy atom. The van der Waals surface area contributed by atoms with Gasteiger partial charge in [-0.05, 0) is 61.5 Å². The van der Waals surface area contributed by atoms with Crippen molar-refractivity contribution in [3.63, 3.8) is 0 Å². The molecule has 0 aliphatic carbocycles. The first-order valence-corrected chi connectivity index (χ1v) is 10.2. The summed E-state index contributed by atoms with van der Waals surface area (Å²) >= 11 is 0. The van der Waals surface area contributed by atoms with Crippen molar-refractivity contribution in [2.45, 2.75) is 6.92 Å². The highest BCUT2D eigenvalue weighted by molar-refractivity contribution is 6.39. The van der Waals surface area contributed by atoms with Crippen LogP contribution in [0.25, 0.3) is 0 Å². The molecular weight excluding hydrogens is 438 g/mol. The molecule has 0 unspecified atom stereocenters. The van der Waals surface area contributed by atoms with E-state index in [1.165, 1.54) is 14.2 Å². The Hall–Kier alpha value is -4.66. The maximum Gasteiger partial charge on any atom is 0.343 e. The van der Waals surface area contributed by atoms with E-state index in [1.807, 2.05) is 0 Å².